The van der Waals surface area contributed by atoms with Crippen molar-refractivity contribution in [2.24, 2.45) is 5.73 Å². The van der Waals surface area contributed by atoms with E-state index in [1.165, 1.54) is 23.3 Å². The van der Waals surface area contributed by atoms with Gasteiger partial charge < -0.3 is 5.73 Å². The van der Waals surface area contributed by atoms with Crippen molar-refractivity contribution >= 4 is 17.2 Å². The van der Waals surface area contributed by atoms with E-state index in [0.29, 0.717) is 6.04 Å². The van der Waals surface area contributed by atoms with Crippen molar-refractivity contribution in [3.63, 3.8) is 0 Å². The Labute approximate surface area is 100 Å². The topological polar surface area (TPSA) is 55.1 Å². The van der Waals surface area contributed by atoms with Gasteiger partial charge in [-0.1, -0.05) is 6.92 Å². The Morgan fingerprint density at radius 1 is 1.75 bits per heavy atom. The van der Waals surface area contributed by atoms with Gasteiger partial charge in [0.15, 0.2) is 0 Å². The van der Waals surface area contributed by atoms with Gasteiger partial charge in [0, 0.05) is 10.9 Å². The van der Waals surface area contributed by atoms with E-state index in [4.69, 9.17) is 5.73 Å². The fourth-order valence-corrected chi connectivity index (χ4v) is 3.29. The van der Waals surface area contributed by atoms with E-state index >= 15 is 0 Å². The number of nitrogens with one attached hydrogen (secondary N) is 1. The number of hydrogen-bond donors (Lipinski definition) is 2. The standard InChI is InChI=1S/C12H18N2OS/c1-2-9(12(13)15)14-10-4-3-5-11-8(10)6-7-16-11/h6-7,9-10,14H,2-5H2,1H3,(H2,13,15). The first-order chi connectivity index (χ1) is 7.72. The molecule has 2 rings (SSSR count). The second-order valence-corrected chi connectivity index (χ2v) is 5.27. The number of hydrogen-bond acceptors (Lipinski definition) is 3. The molecule has 0 fully saturated rings. The first-order valence-corrected chi connectivity index (χ1v) is 6.72. The van der Waals surface area contributed by atoms with Crippen LogP contribution in [-0.4, -0.2) is 11.9 Å². The molecule has 1 heterocycles. The smallest absolute Gasteiger partial charge is 0.234 e. The van der Waals surface area contributed by atoms with Gasteiger partial charge in [-0.25, -0.2) is 0 Å². The van der Waals surface area contributed by atoms with E-state index in [1.54, 1.807) is 0 Å². The Balaban J connectivity index is 2.10. The van der Waals surface area contributed by atoms with Crippen LogP contribution in [-0.2, 0) is 11.2 Å². The first kappa shape index (κ1) is 11.6. The average Bonchev–Trinajstić information content (AvgIpc) is 2.73. The van der Waals surface area contributed by atoms with E-state index in [9.17, 15) is 4.79 Å². The number of aryl methyl sites for hydroxylation is 1. The maximum Gasteiger partial charge on any atom is 0.234 e. The van der Waals surface area contributed by atoms with Crippen molar-refractivity contribution < 1.29 is 4.79 Å². The highest BCUT2D eigenvalue weighted by molar-refractivity contribution is 7.10. The Morgan fingerprint density at radius 3 is 3.25 bits per heavy atom. The molecule has 0 spiro atoms. The van der Waals surface area contributed by atoms with E-state index < -0.39 is 0 Å². The lowest BCUT2D eigenvalue weighted by Crippen LogP contribution is -2.43. The number of carbonyl (C=O) groups is 1. The summed E-state index contributed by atoms with van der Waals surface area (Å²) in [5.74, 6) is -0.246. The van der Waals surface area contributed by atoms with Gasteiger partial charge in [0.25, 0.3) is 0 Å². The number of nitrogens with two attached hydrogens (primary N) is 1. The molecule has 0 saturated carbocycles. The summed E-state index contributed by atoms with van der Waals surface area (Å²) in [6, 6.07) is 2.29. The van der Waals surface area contributed by atoms with Crippen molar-refractivity contribution in [2.75, 3.05) is 0 Å². The van der Waals surface area contributed by atoms with Crippen molar-refractivity contribution in [1.82, 2.24) is 5.32 Å². The molecule has 2 unspecified atom stereocenters. The lowest BCUT2D eigenvalue weighted by atomic mass is 9.93. The minimum Gasteiger partial charge on any atom is -0.368 e. The van der Waals surface area contributed by atoms with Crippen molar-refractivity contribution in [1.29, 1.82) is 0 Å². The van der Waals surface area contributed by atoms with Gasteiger partial charge in [0.1, 0.15) is 0 Å². The molecule has 1 amide bonds. The van der Waals surface area contributed by atoms with Gasteiger partial charge in [0.2, 0.25) is 5.91 Å². The van der Waals surface area contributed by atoms with Gasteiger partial charge in [-0.3, -0.25) is 10.1 Å². The van der Waals surface area contributed by atoms with Crippen LogP contribution in [0.25, 0.3) is 0 Å². The molecule has 88 valence electrons. The summed E-state index contributed by atoms with van der Waals surface area (Å²) < 4.78 is 0. The highest BCUT2D eigenvalue weighted by Crippen LogP contribution is 2.33. The third kappa shape index (κ3) is 2.28. The van der Waals surface area contributed by atoms with E-state index in [0.717, 1.165) is 12.8 Å². The lowest BCUT2D eigenvalue weighted by molar-refractivity contribution is -0.120. The zero-order valence-corrected chi connectivity index (χ0v) is 10.3. The van der Waals surface area contributed by atoms with Crippen LogP contribution in [0.3, 0.4) is 0 Å². The number of amides is 1. The lowest BCUT2D eigenvalue weighted by Gasteiger charge is -2.27. The van der Waals surface area contributed by atoms with E-state index in [1.807, 2.05) is 18.3 Å². The van der Waals surface area contributed by atoms with Gasteiger partial charge in [0.05, 0.1) is 6.04 Å². The Kier molecular flexibility index (Phi) is 3.61. The normalized spacial score (nSPS) is 21.4. The molecule has 0 saturated heterocycles. The van der Waals surface area contributed by atoms with Crippen LogP contribution in [0.15, 0.2) is 11.4 Å². The molecule has 1 aliphatic rings. The number of thiophene rings is 1. The highest BCUT2D eigenvalue weighted by Gasteiger charge is 2.24. The Morgan fingerprint density at radius 2 is 2.56 bits per heavy atom. The zero-order valence-electron chi connectivity index (χ0n) is 9.53. The molecule has 1 aromatic rings. The molecule has 1 aliphatic carbocycles. The molecule has 0 aliphatic heterocycles. The monoisotopic (exact) mass is 238 g/mol. The first-order valence-electron chi connectivity index (χ1n) is 5.84. The van der Waals surface area contributed by atoms with Crippen molar-refractivity contribution in [3.8, 4) is 0 Å². The summed E-state index contributed by atoms with van der Waals surface area (Å²) >= 11 is 1.82. The average molecular weight is 238 g/mol. The number of rotatable bonds is 4. The predicted molar refractivity (Wildman–Crippen MR) is 66.4 cm³/mol. The number of carbonyl (C=O) groups excluding carboxylic acids is 1. The van der Waals surface area contributed by atoms with Gasteiger partial charge in [-0.05, 0) is 42.7 Å². The summed E-state index contributed by atoms with van der Waals surface area (Å²) in [6.45, 7) is 1.99. The second kappa shape index (κ2) is 4.97. The van der Waals surface area contributed by atoms with Crippen molar-refractivity contribution in [3.05, 3.63) is 21.9 Å². The largest absolute Gasteiger partial charge is 0.368 e. The summed E-state index contributed by atoms with van der Waals surface area (Å²) in [5.41, 5.74) is 6.73. The summed E-state index contributed by atoms with van der Waals surface area (Å²) in [4.78, 5) is 12.7. The van der Waals surface area contributed by atoms with Crippen LogP contribution < -0.4 is 11.1 Å². The fourth-order valence-electron chi connectivity index (χ4n) is 2.30. The van der Waals surface area contributed by atoms with Crippen LogP contribution in [0.2, 0.25) is 0 Å². The van der Waals surface area contributed by atoms with Gasteiger partial charge in [-0.2, -0.15) is 0 Å². The molecule has 0 bridgehead atoms. The SMILES string of the molecule is CCC(NC1CCCc2sccc21)C(N)=O. The third-order valence-corrected chi connectivity index (χ3v) is 4.20. The molecule has 3 N–H and O–H groups in total. The van der Waals surface area contributed by atoms with E-state index in [2.05, 4.69) is 16.8 Å². The minimum absolute atomic E-state index is 0.198. The molecule has 3 nitrogen and oxygen atoms in total. The molecule has 0 radical (unpaired) electrons. The van der Waals surface area contributed by atoms with Crippen LogP contribution in [0.5, 0.6) is 0 Å². The van der Waals surface area contributed by atoms with Gasteiger partial charge >= 0.3 is 0 Å². The maximum absolute atomic E-state index is 11.2. The molecule has 16 heavy (non-hydrogen) atoms. The summed E-state index contributed by atoms with van der Waals surface area (Å²) in [7, 11) is 0. The van der Waals surface area contributed by atoms with Crippen molar-refractivity contribution in [2.45, 2.75) is 44.7 Å². The molecule has 4 heteroatoms. The summed E-state index contributed by atoms with van der Waals surface area (Å²) in [5, 5.41) is 5.51. The minimum atomic E-state index is -0.246. The molecular formula is C12H18N2OS. The van der Waals surface area contributed by atoms with Crippen LogP contribution in [0.1, 0.15) is 42.7 Å². The summed E-state index contributed by atoms with van der Waals surface area (Å²) in [6.07, 6.45) is 4.23. The van der Waals surface area contributed by atoms with Crippen LogP contribution in [0, 0.1) is 0 Å². The fraction of sp³-hybridized carbons (Fsp3) is 0.583. The molecular weight excluding hydrogens is 220 g/mol. The van der Waals surface area contributed by atoms with Crippen LogP contribution in [0.4, 0.5) is 0 Å². The predicted octanol–water partition coefficient (Wildman–Crippen LogP) is 1.98. The molecule has 0 aromatic carbocycles. The number of primary amides is 1. The quantitative estimate of drug-likeness (QED) is 0.842. The highest BCUT2D eigenvalue weighted by atomic mass is 32.1. The Hall–Kier alpha value is -0.870. The zero-order chi connectivity index (χ0) is 11.5. The molecule has 2 atom stereocenters. The third-order valence-electron chi connectivity index (χ3n) is 3.21. The Bertz CT molecular complexity index is 375. The van der Waals surface area contributed by atoms with E-state index in [-0.39, 0.29) is 11.9 Å². The second-order valence-electron chi connectivity index (χ2n) is 4.27. The van der Waals surface area contributed by atoms with Crippen LogP contribution >= 0.6 is 11.3 Å². The number of fused-ring (bicyclic) bond motifs is 1. The maximum atomic E-state index is 11.2. The molecule has 1 aromatic heterocycles. The van der Waals surface area contributed by atoms with Gasteiger partial charge in [-0.15, -0.1) is 11.3 Å².